The van der Waals surface area contributed by atoms with Crippen LogP contribution in [0.25, 0.3) is 0 Å². The van der Waals surface area contributed by atoms with E-state index in [1.165, 1.54) is 24.0 Å². The van der Waals surface area contributed by atoms with Crippen LogP contribution < -0.4 is 0 Å². The third kappa shape index (κ3) is 3.70. The van der Waals surface area contributed by atoms with Crippen molar-refractivity contribution in [2.75, 3.05) is 26.2 Å². The molecule has 1 saturated heterocycles. The van der Waals surface area contributed by atoms with Crippen LogP contribution in [-0.4, -0.2) is 47.9 Å². The second-order valence-electron chi connectivity index (χ2n) is 6.92. The molecule has 0 bridgehead atoms. The SMILES string of the molecule is Cc1ccccc1CCC(=O)N1CCN(C(C)C2CC2)CC1. The van der Waals surface area contributed by atoms with Gasteiger partial charge in [0.2, 0.25) is 5.91 Å². The maximum Gasteiger partial charge on any atom is 0.222 e. The molecule has 1 aromatic rings. The zero-order valence-corrected chi connectivity index (χ0v) is 13.9. The predicted molar refractivity (Wildman–Crippen MR) is 89.8 cm³/mol. The largest absolute Gasteiger partial charge is 0.340 e. The molecule has 2 fully saturated rings. The number of carbonyl (C=O) groups is 1. The summed E-state index contributed by atoms with van der Waals surface area (Å²) in [5, 5.41) is 0. The molecule has 0 aromatic heterocycles. The first-order valence-corrected chi connectivity index (χ1v) is 8.71. The number of hydrogen-bond acceptors (Lipinski definition) is 2. The van der Waals surface area contributed by atoms with E-state index in [-0.39, 0.29) is 0 Å². The molecule has 0 N–H and O–H groups in total. The molecule has 1 saturated carbocycles. The number of amides is 1. The van der Waals surface area contributed by atoms with Gasteiger partial charge in [-0.3, -0.25) is 9.69 Å². The van der Waals surface area contributed by atoms with Crippen molar-refractivity contribution >= 4 is 5.91 Å². The van der Waals surface area contributed by atoms with E-state index in [0.29, 0.717) is 18.4 Å². The van der Waals surface area contributed by atoms with Crippen LogP contribution in [0.1, 0.15) is 37.3 Å². The minimum Gasteiger partial charge on any atom is -0.340 e. The van der Waals surface area contributed by atoms with Crippen molar-refractivity contribution in [1.82, 2.24) is 9.80 Å². The van der Waals surface area contributed by atoms with Gasteiger partial charge in [-0.15, -0.1) is 0 Å². The number of nitrogens with zero attached hydrogens (tertiary/aromatic N) is 2. The average Bonchev–Trinajstić information content (AvgIpc) is 3.38. The molecule has 1 aliphatic heterocycles. The molecule has 1 heterocycles. The molecule has 1 amide bonds. The van der Waals surface area contributed by atoms with Gasteiger partial charge in [-0.2, -0.15) is 0 Å². The van der Waals surface area contributed by atoms with Gasteiger partial charge in [0.1, 0.15) is 0 Å². The molecule has 1 unspecified atom stereocenters. The summed E-state index contributed by atoms with van der Waals surface area (Å²) in [6, 6.07) is 9.09. The maximum atomic E-state index is 12.4. The Balaban J connectivity index is 1.44. The molecule has 3 rings (SSSR count). The van der Waals surface area contributed by atoms with Gasteiger partial charge in [0.15, 0.2) is 0 Å². The van der Waals surface area contributed by atoms with E-state index >= 15 is 0 Å². The van der Waals surface area contributed by atoms with Gasteiger partial charge in [0.05, 0.1) is 0 Å². The van der Waals surface area contributed by atoms with Gasteiger partial charge in [0, 0.05) is 38.6 Å². The van der Waals surface area contributed by atoms with Crippen LogP contribution in [0.4, 0.5) is 0 Å². The summed E-state index contributed by atoms with van der Waals surface area (Å²) >= 11 is 0. The fraction of sp³-hybridized carbons (Fsp3) is 0.632. The van der Waals surface area contributed by atoms with Crippen molar-refractivity contribution in [2.45, 2.75) is 45.6 Å². The first kappa shape index (κ1) is 15.5. The topological polar surface area (TPSA) is 23.6 Å². The molecule has 0 radical (unpaired) electrons. The van der Waals surface area contributed by atoms with Crippen LogP contribution in [0.2, 0.25) is 0 Å². The molecule has 3 heteroatoms. The highest BCUT2D eigenvalue weighted by atomic mass is 16.2. The summed E-state index contributed by atoms with van der Waals surface area (Å²) in [5.41, 5.74) is 2.59. The Kier molecular flexibility index (Phi) is 4.82. The number of aryl methyl sites for hydroxylation is 2. The lowest BCUT2D eigenvalue weighted by Gasteiger charge is -2.38. The van der Waals surface area contributed by atoms with Crippen molar-refractivity contribution < 1.29 is 4.79 Å². The Labute approximate surface area is 134 Å². The highest BCUT2D eigenvalue weighted by molar-refractivity contribution is 5.76. The number of benzene rings is 1. The van der Waals surface area contributed by atoms with E-state index in [1.807, 2.05) is 0 Å². The van der Waals surface area contributed by atoms with Gasteiger partial charge in [0.25, 0.3) is 0 Å². The molecule has 1 atom stereocenters. The molecule has 1 aliphatic carbocycles. The zero-order valence-electron chi connectivity index (χ0n) is 13.9. The fourth-order valence-electron chi connectivity index (χ4n) is 3.55. The Morgan fingerprint density at radius 3 is 2.50 bits per heavy atom. The summed E-state index contributed by atoms with van der Waals surface area (Å²) in [5.74, 6) is 1.24. The Bertz CT molecular complexity index is 516. The van der Waals surface area contributed by atoms with Crippen molar-refractivity contribution in [2.24, 2.45) is 5.92 Å². The van der Waals surface area contributed by atoms with Crippen molar-refractivity contribution in [3.8, 4) is 0 Å². The molecule has 22 heavy (non-hydrogen) atoms. The third-order valence-corrected chi connectivity index (χ3v) is 5.42. The maximum absolute atomic E-state index is 12.4. The Hall–Kier alpha value is -1.35. The standard InChI is InChI=1S/C19H28N2O/c1-15-5-3-4-6-17(15)9-10-19(22)21-13-11-20(12-14-21)16(2)18-7-8-18/h3-6,16,18H,7-14H2,1-2H3. The average molecular weight is 300 g/mol. The molecule has 3 nitrogen and oxygen atoms in total. The minimum atomic E-state index is 0.321. The molecular formula is C19H28N2O. The summed E-state index contributed by atoms with van der Waals surface area (Å²) in [7, 11) is 0. The summed E-state index contributed by atoms with van der Waals surface area (Å²) in [6.07, 6.45) is 4.31. The van der Waals surface area contributed by atoms with Crippen LogP contribution in [0, 0.1) is 12.8 Å². The second kappa shape index (κ2) is 6.82. The van der Waals surface area contributed by atoms with Crippen molar-refractivity contribution in [1.29, 1.82) is 0 Å². The van der Waals surface area contributed by atoms with Gasteiger partial charge in [-0.25, -0.2) is 0 Å². The van der Waals surface area contributed by atoms with E-state index < -0.39 is 0 Å². The van der Waals surface area contributed by atoms with Crippen LogP contribution in [0.5, 0.6) is 0 Å². The van der Waals surface area contributed by atoms with Crippen molar-refractivity contribution in [3.05, 3.63) is 35.4 Å². The van der Waals surface area contributed by atoms with E-state index in [9.17, 15) is 4.79 Å². The summed E-state index contributed by atoms with van der Waals surface area (Å²) in [4.78, 5) is 17.0. The number of carbonyl (C=O) groups excluding carboxylic acids is 1. The quantitative estimate of drug-likeness (QED) is 0.835. The fourth-order valence-corrected chi connectivity index (χ4v) is 3.55. The number of hydrogen-bond donors (Lipinski definition) is 0. The minimum absolute atomic E-state index is 0.321. The van der Waals surface area contributed by atoms with Crippen LogP contribution in [-0.2, 0) is 11.2 Å². The van der Waals surface area contributed by atoms with Crippen LogP contribution in [0.3, 0.4) is 0 Å². The first-order valence-electron chi connectivity index (χ1n) is 8.71. The molecule has 120 valence electrons. The second-order valence-corrected chi connectivity index (χ2v) is 6.92. The molecular weight excluding hydrogens is 272 g/mol. The van der Waals surface area contributed by atoms with E-state index in [0.717, 1.165) is 38.5 Å². The lowest BCUT2D eigenvalue weighted by Crippen LogP contribution is -2.51. The van der Waals surface area contributed by atoms with Crippen LogP contribution >= 0.6 is 0 Å². The molecule has 1 aromatic carbocycles. The van der Waals surface area contributed by atoms with Gasteiger partial charge >= 0.3 is 0 Å². The normalized spacial score (nSPS) is 20.9. The summed E-state index contributed by atoms with van der Waals surface area (Å²) in [6.45, 7) is 8.39. The molecule has 0 spiro atoms. The van der Waals surface area contributed by atoms with E-state index in [4.69, 9.17) is 0 Å². The molecule has 2 aliphatic rings. The lowest BCUT2D eigenvalue weighted by atomic mass is 10.0. The first-order chi connectivity index (χ1) is 10.6. The lowest BCUT2D eigenvalue weighted by molar-refractivity contribution is -0.133. The highest BCUT2D eigenvalue weighted by Gasteiger charge is 2.33. The van der Waals surface area contributed by atoms with Crippen molar-refractivity contribution in [3.63, 3.8) is 0 Å². The third-order valence-electron chi connectivity index (χ3n) is 5.42. The van der Waals surface area contributed by atoms with Gasteiger partial charge < -0.3 is 4.90 Å². The van der Waals surface area contributed by atoms with E-state index in [1.54, 1.807) is 0 Å². The number of piperazine rings is 1. The highest BCUT2D eigenvalue weighted by Crippen LogP contribution is 2.35. The van der Waals surface area contributed by atoms with Gasteiger partial charge in [-0.05, 0) is 50.2 Å². The predicted octanol–water partition coefficient (Wildman–Crippen LogP) is 2.87. The Morgan fingerprint density at radius 1 is 1.18 bits per heavy atom. The smallest absolute Gasteiger partial charge is 0.222 e. The summed E-state index contributed by atoms with van der Waals surface area (Å²) < 4.78 is 0. The zero-order chi connectivity index (χ0) is 15.5. The Morgan fingerprint density at radius 2 is 1.86 bits per heavy atom. The number of rotatable bonds is 5. The van der Waals surface area contributed by atoms with Crippen LogP contribution in [0.15, 0.2) is 24.3 Å². The van der Waals surface area contributed by atoms with E-state index in [2.05, 4.69) is 47.9 Å². The monoisotopic (exact) mass is 300 g/mol. The van der Waals surface area contributed by atoms with Gasteiger partial charge in [-0.1, -0.05) is 24.3 Å².